The molecule has 6 N–H and O–H groups in total. The van der Waals surface area contributed by atoms with Gasteiger partial charge in [-0.3, -0.25) is 9.59 Å². The summed E-state index contributed by atoms with van der Waals surface area (Å²) in [4.78, 5) is 33.4. The van der Waals surface area contributed by atoms with Gasteiger partial charge in [0.25, 0.3) is 5.91 Å². The molecule has 1 fully saturated rings. The highest BCUT2D eigenvalue weighted by molar-refractivity contribution is 6.05. The Morgan fingerprint density at radius 3 is 2.15 bits per heavy atom. The van der Waals surface area contributed by atoms with Gasteiger partial charge in [0, 0.05) is 24.1 Å². The zero-order valence-electron chi connectivity index (χ0n) is 20.5. The molecule has 0 aromatic heterocycles. The van der Waals surface area contributed by atoms with Crippen LogP contribution in [0.25, 0.3) is 0 Å². The maximum atomic E-state index is 13.0. The zero-order valence-corrected chi connectivity index (χ0v) is 20.5. The van der Waals surface area contributed by atoms with E-state index in [1.54, 1.807) is 48.5 Å². The third kappa shape index (κ3) is 9.11. The molecule has 0 aliphatic heterocycles. The number of carboxylic acids is 1. The minimum atomic E-state index is -5.08. The number of carbonyl (C=O) groups excluding carboxylic acids is 2. The molecule has 2 unspecified atom stereocenters. The number of nitrogen functional groups attached to an aromatic ring is 1. The number of anilines is 2. The number of rotatable bonds is 8. The predicted molar refractivity (Wildman–Crippen MR) is 136 cm³/mol. The molecule has 2 atom stereocenters. The summed E-state index contributed by atoms with van der Waals surface area (Å²) in [5.41, 5.74) is 9.41. The van der Waals surface area contributed by atoms with Crippen molar-refractivity contribution in [2.75, 3.05) is 17.6 Å². The van der Waals surface area contributed by atoms with E-state index in [0.29, 0.717) is 29.4 Å². The molecule has 1 saturated carbocycles. The smallest absolute Gasteiger partial charge is 0.475 e. The number of nitrogens with two attached hydrogens (primary N) is 1. The summed E-state index contributed by atoms with van der Waals surface area (Å²) in [6, 6.07) is 20.9. The normalized spacial score (nSPS) is 15.9. The van der Waals surface area contributed by atoms with Crippen molar-refractivity contribution in [1.82, 2.24) is 10.6 Å². The molecule has 0 bridgehead atoms. The fourth-order valence-corrected chi connectivity index (χ4v) is 3.57. The van der Waals surface area contributed by atoms with Gasteiger partial charge >= 0.3 is 12.1 Å². The van der Waals surface area contributed by atoms with E-state index in [2.05, 4.69) is 16.0 Å². The average Bonchev–Trinajstić information content (AvgIpc) is 3.68. The standard InChI is InChI=1S/C25H25FN4O2.C2HF3O2/c26-19-11-9-17(10-12-19)20-13-23(20)28-15-24(31)29-14-16-5-7-18(8-6-16)25(32)30-22-4-2-1-3-21(22)27;3-2(4,5)1(6)7/h1-12,20,23,28H,13-15,27H2,(H,29,31)(H,30,32);(H,6,7). The van der Waals surface area contributed by atoms with Gasteiger partial charge in [0.1, 0.15) is 5.82 Å². The molecular formula is C27H26F4N4O4. The number of nitrogens with one attached hydrogen (secondary N) is 3. The first-order valence-electron chi connectivity index (χ1n) is 11.7. The highest BCUT2D eigenvalue weighted by Gasteiger charge is 2.38. The number of amides is 2. The Hall–Kier alpha value is -4.45. The second-order valence-corrected chi connectivity index (χ2v) is 8.70. The van der Waals surface area contributed by atoms with Gasteiger partial charge in [-0.05, 0) is 53.9 Å². The van der Waals surface area contributed by atoms with Crippen molar-refractivity contribution in [3.63, 3.8) is 0 Å². The number of halogens is 4. The van der Waals surface area contributed by atoms with Crippen LogP contribution in [0.1, 0.15) is 33.8 Å². The number of hydrogen-bond acceptors (Lipinski definition) is 5. The molecule has 1 aliphatic rings. The highest BCUT2D eigenvalue weighted by Crippen LogP contribution is 2.40. The fourth-order valence-electron chi connectivity index (χ4n) is 3.57. The van der Waals surface area contributed by atoms with E-state index in [0.717, 1.165) is 17.5 Å². The average molecular weight is 547 g/mol. The van der Waals surface area contributed by atoms with Crippen molar-refractivity contribution in [3.05, 3.63) is 95.3 Å². The Kier molecular flexibility index (Phi) is 9.61. The van der Waals surface area contributed by atoms with E-state index < -0.39 is 12.1 Å². The number of carboxylic acid groups (broad SMARTS) is 1. The summed E-state index contributed by atoms with van der Waals surface area (Å²) >= 11 is 0. The van der Waals surface area contributed by atoms with Crippen LogP contribution in [-0.4, -0.2) is 41.7 Å². The number of aliphatic carboxylic acids is 1. The van der Waals surface area contributed by atoms with Crippen LogP contribution < -0.4 is 21.7 Å². The SMILES string of the molecule is Nc1ccccc1NC(=O)c1ccc(CNC(=O)CNC2CC2c2ccc(F)cc2)cc1.O=C(O)C(F)(F)F. The Morgan fingerprint density at radius 2 is 1.56 bits per heavy atom. The Balaban J connectivity index is 0.000000532. The molecule has 12 heteroatoms. The Labute approximate surface area is 221 Å². The van der Waals surface area contributed by atoms with E-state index >= 15 is 0 Å². The Bertz CT molecular complexity index is 1300. The van der Waals surface area contributed by atoms with Crippen LogP contribution in [0.15, 0.2) is 72.8 Å². The lowest BCUT2D eigenvalue weighted by atomic mass is 10.1. The van der Waals surface area contributed by atoms with Crippen molar-refractivity contribution in [2.24, 2.45) is 0 Å². The number of benzene rings is 3. The molecule has 0 heterocycles. The van der Waals surface area contributed by atoms with Gasteiger partial charge < -0.3 is 26.8 Å². The summed E-state index contributed by atoms with van der Waals surface area (Å²) in [6.45, 7) is 0.599. The van der Waals surface area contributed by atoms with E-state index in [1.165, 1.54) is 12.1 Å². The van der Waals surface area contributed by atoms with Gasteiger partial charge in [-0.15, -0.1) is 0 Å². The molecule has 8 nitrogen and oxygen atoms in total. The molecule has 3 aromatic carbocycles. The molecule has 206 valence electrons. The first-order valence-corrected chi connectivity index (χ1v) is 11.7. The lowest BCUT2D eigenvalue weighted by molar-refractivity contribution is -0.192. The van der Waals surface area contributed by atoms with Gasteiger partial charge in [-0.25, -0.2) is 9.18 Å². The van der Waals surface area contributed by atoms with Crippen molar-refractivity contribution < 1.29 is 37.1 Å². The van der Waals surface area contributed by atoms with Gasteiger partial charge in [0.05, 0.1) is 17.9 Å². The highest BCUT2D eigenvalue weighted by atomic mass is 19.4. The van der Waals surface area contributed by atoms with Gasteiger partial charge in [-0.1, -0.05) is 36.4 Å². The third-order valence-corrected chi connectivity index (χ3v) is 5.77. The maximum absolute atomic E-state index is 13.0. The van der Waals surface area contributed by atoms with Gasteiger partial charge in [0.2, 0.25) is 5.91 Å². The summed E-state index contributed by atoms with van der Waals surface area (Å²) < 4.78 is 44.8. The molecule has 0 radical (unpaired) electrons. The molecular weight excluding hydrogens is 520 g/mol. The second-order valence-electron chi connectivity index (χ2n) is 8.70. The van der Waals surface area contributed by atoms with Crippen LogP contribution in [0.5, 0.6) is 0 Å². The van der Waals surface area contributed by atoms with Crippen LogP contribution in [0, 0.1) is 5.82 Å². The van der Waals surface area contributed by atoms with Crippen molar-refractivity contribution in [1.29, 1.82) is 0 Å². The number of alkyl halides is 3. The molecule has 0 spiro atoms. The fraction of sp³-hybridized carbons (Fsp3) is 0.222. The summed E-state index contributed by atoms with van der Waals surface area (Å²) in [5, 5.41) is 16.0. The minimum absolute atomic E-state index is 0.101. The number of para-hydroxylation sites is 2. The first kappa shape index (κ1) is 29.1. The van der Waals surface area contributed by atoms with Gasteiger partial charge in [-0.2, -0.15) is 13.2 Å². The summed E-state index contributed by atoms with van der Waals surface area (Å²) in [7, 11) is 0. The maximum Gasteiger partial charge on any atom is 0.490 e. The zero-order chi connectivity index (χ0) is 28.6. The third-order valence-electron chi connectivity index (χ3n) is 5.77. The Morgan fingerprint density at radius 1 is 0.949 bits per heavy atom. The summed E-state index contributed by atoms with van der Waals surface area (Å²) in [6.07, 6.45) is -4.14. The van der Waals surface area contributed by atoms with E-state index in [-0.39, 0.29) is 30.2 Å². The first-order chi connectivity index (χ1) is 18.4. The molecule has 3 aromatic rings. The predicted octanol–water partition coefficient (Wildman–Crippen LogP) is 4.06. The summed E-state index contributed by atoms with van der Waals surface area (Å²) in [5.74, 6) is -3.02. The van der Waals surface area contributed by atoms with E-state index in [9.17, 15) is 27.2 Å². The topological polar surface area (TPSA) is 134 Å². The van der Waals surface area contributed by atoms with Crippen LogP contribution in [-0.2, 0) is 16.1 Å². The number of carbonyl (C=O) groups is 3. The van der Waals surface area contributed by atoms with Crippen LogP contribution in [0.3, 0.4) is 0 Å². The van der Waals surface area contributed by atoms with Crippen LogP contribution in [0.4, 0.5) is 28.9 Å². The molecule has 2 amide bonds. The molecule has 1 aliphatic carbocycles. The van der Waals surface area contributed by atoms with Crippen molar-refractivity contribution in [3.8, 4) is 0 Å². The number of hydrogen-bond donors (Lipinski definition) is 5. The molecule has 0 saturated heterocycles. The van der Waals surface area contributed by atoms with Gasteiger partial charge in [0.15, 0.2) is 0 Å². The van der Waals surface area contributed by atoms with E-state index in [4.69, 9.17) is 15.6 Å². The van der Waals surface area contributed by atoms with Crippen LogP contribution in [0.2, 0.25) is 0 Å². The van der Waals surface area contributed by atoms with Crippen molar-refractivity contribution in [2.45, 2.75) is 31.1 Å². The van der Waals surface area contributed by atoms with Crippen molar-refractivity contribution >= 4 is 29.2 Å². The largest absolute Gasteiger partial charge is 0.490 e. The minimum Gasteiger partial charge on any atom is -0.475 e. The molecule has 39 heavy (non-hydrogen) atoms. The second kappa shape index (κ2) is 12.9. The lowest BCUT2D eigenvalue weighted by Gasteiger charge is -2.09. The quantitative estimate of drug-likeness (QED) is 0.214. The lowest BCUT2D eigenvalue weighted by Crippen LogP contribution is -2.34. The van der Waals surface area contributed by atoms with Crippen LogP contribution >= 0.6 is 0 Å². The monoisotopic (exact) mass is 546 g/mol. The molecule has 4 rings (SSSR count). The van der Waals surface area contributed by atoms with E-state index in [1.807, 2.05) is 12.1 Å².